The summed E-state index contributed by atoms with van der Waals surface area (Å²) in [6.45, 7) is 15.7. The summed E-state index contributed by atoms with van der Waals surface area (Å²) < 4.78 is 32.2. The van der Waals surface area contributed by atoms with Crippen LogP contribution < -0.4 is 5.32 Å². The summed E-state index contributed by atoms with van der Waals surface area (Å²) in [6, 6.07) is -0.367. The van der Waals surface area contributed by atoms with E-state index in [2.05, 4.69) is 24.2 Å². The summed E-state index contributed by atoms with van der Waals surface area (Å²) in [5, 5.41) is 2.75. The predicted octanol–water partition coefficient (Wildman–Crippen LogP) is 1.98. The highest BCUT2D eigenvalue weighted by atomic mass is 16.7. The van der Waals surface area contributed by atoms with Gasteiger partial charge in [0.1, 0.15) is 19.3 Å². The standard InChI is InChI=1S/C14H23NO6.C12H19NO4/c1-7-8(2)13(15-9(3)16)14(20-11(5)18)21-12(7)6-19-10(4)17;1-6-7(2)11-12(16-8(3)13-11)17-10(6)5-15-9(4)14/h7-8,12-14H,6H2,1-5H3,(H,15,16);6-7,10-12H,5H2,1-4H3/t7-,8-,12?,13?,14+;6-,7-,10?,11?,12-/m00/s1. The second kappa shape index (κ2) is 13.9. The number of hydrogen-bond acceptors (Lipinski definition) is 11. The van der Waals surface area contributed by atoms with Crippen molar-refractivity contribution in [1.29, 1.82) is 0 Å². The normalized spacial score (nSPS) is 35.8. The van der Waals surface area contributed by atoms with E-state index in [-0.39, 0.29) is 61.3 Å². The van der Waals surface area contributed by atoms with Gasteiger partial charge in [-0.05, 0) is 23.7 Å². The molecular weight excluding hydrogens is 500 g/mol. The van der Waals surface area contributed by atoms with Crippen molar-refractivity contribution in [2.24, 2.45) is 28.7 Å². The van der Waals surface area contributed by atoms with Gasteiger partial charge in [0.15, 0.2) is 5.90 Å². The zero-order valence-electron chi connectivity index (χ0n) is 23.7. The lowest BCUT2D eigenvalue weighted by Gasteiger charge is -2.43. The second-order valence-corrected chi connectivity index (χ2v) is 10.2. The van der Waals surface area contributed by atoms with E-state index in [1.54, 1.807) is 0 Å². The van der Waals surface area contributed by atoms with Crippen LogP contribution in [0.3, 0.4) is 0 Å². The van der Waals surface area contributed by atoms with E-state index in [9.17, 15) is 19.2 Å². The molecule has 0 bridgehead atoms. The minimum absolute atomic E-state index is 0.00689. The number of hydrogen-bond donors (Lipinski definition) is 1. The van der Waals surface area contributed by atoms with Crippen LogP contribution in [0.5, 0.6) is 0 Å². The minimum atomic E-state index is -0.891. The molecule has 3 aliphatic rings. The fourth-order valence-corrected chi connectivity index (χ4v) is 4.73. The molecule has 38 heavy (non-hydrogen) atoms. The number of amides is 1. The molecule has 0 aliphatic carbocycles. The molecule has 0 aromatic carbocycles. The van der Waals surface area contributed by atoms with Crippen molar-refractivity contribution >= 4 is 29.7 Å². The smallest absolute Gasteiger partial charge is 0.305 e. The van der Waals surface area contributed by atoms with Gasteiger partial charge < -0.3 is 33.7 Å². The summed E-state index contributed by atoms with van der Waals surface area (Å²) in [6.07, 6.45) is -1.71. The van der Waals surface area contributed by atoms with Gasteiger partial charge >= 0.3 is 17.9 Å². The van der Waals surface area contributed by atoms with Crippen LogP contribution in [0.1, 0.15) is 62.3 Å². The highest BCUT2D eigenvalue weighted by molar-refractivity contribution is 5.75. The fourth-order valence-electron chi connectivity index (χ4n) is 4.73. The zero-order chi connectivity index (χ0) is 28.7. The Bertz CT molecular complexity index is 891. The third-order valence-corrected chi connectivity index (χ3v) is 7.30. The zero-order valence-corrected chi connectivity index (χ0v) is 23.7. The van der Waals surface area contributed by atoms with Crippen molar-refractivity contribution in [3.05, 3.63) is 0 Å². The van der Waals surface area contributed by atoms with E-state index in [4.69, 9.17) is 28.4 Å². The molecular formula is C26H42N2O10. The van der Waals surface area contributed by atoms with Crippen molar-refractivity contribution < 1.29 is 47.6 Å². The first-order valence-corrected chi connectivity index (χ1v) is 12.9. The van der Waals surface area contributed by atoms with Crippen LogP contribution in [0.4, 0.5) is 0 Å². The molecule has 0 aromatic rings. The number of nitrogens with zero attached hydrogens (tertiary/aromatic N) is 1. The van der Waals surface area contributed by atoms with Crippen molar-refractivity contribution in [2.45, 2.75) is 99.2 Å². The molecule has 1 amide bonds. The van der Waals surface area contributed by atoms with Gasteiger partial charge in [0, 0.05) is 34.6 Å². The first-order valence-electron chi connectivity index (χ1n) is 12.9. The SMILES string of the molecule is CC(=O)NC1[C@H](OC(C)=O)OC(COC(C)=O)[C@@H](C)[C@@H]1C.CC(=O)OCC1O[C@@H]2OC(C)=NC2[C@@H](C)[C@@H]1C. The van der Waals surface area contributed by atoms with E-state index in [0.29, 0.717) is 11.8 Å². The van der Waals surface area contributed by atoms with Gasteiger partial charge in [-0.1, -0.05) is 27.7 Å². The van der Waals surface area contributed by atoms with Gasteiger partial charge in [0.2, 0.25) is 18.5 Å². The molecule has 2 saturated heterocycles. The fraction of sp³-hybridized carbons (Fsp3) is 0.808. The Morgan fingerprint density at radius 2 is 1.32 bits per heavy atom. The van der Waals surface area contributed by atoms with Crippen LogP contribution in [0.2, 0.25) is 0 Å². The Kier molecular flexibility index (Phi) is 11.5. The maximum atomic E-state index is 11.3. The van der Waals surface area contributed by atoms with Crippen LogP contribution >= 0.6 is 0 Å². The number of carbonyl (C=O) groups is 4. The van der Waals surface area contributed by atoms with Crippen molar-refractivity contribution in [2.75, 3.05) is 13.2 Å². The predicted molar refractivity (Wildman–Crippen MR) is 135 cm³/mol. The number of esters is 3. The summed E-state index contributed by atoms with van der Waals surface area (Å²) in [5.41, 5.74) is 0. The average molecular weight is 543 g/mol. The van der Waals surface area contributed by atoms with Crippen molar-refractivity contribution in [3.63, 3.8) is 0 Å². The third kappa shape index (κ3) is 8.65. The molecule has 4 unspecified atom stereocenters. The number of fused-ring (bicyclic) bond motifs is 1. The van der Waals surface area contributed by atoms with Crippen LogP contribution in [-0.2, 0) is 47.6 Å². The van der Waals surface area contributed by atoms with Gasteiger partial charge in [-0.3, -0.25) is 19.2 Å². The highest BCUT2D eigenvalue weighted by Crippen LogP contribution is 2.36. The quantitative estimate of drug-likeness (QED) is 0.390. The van der Waals surface area contributed by atoms with Crippen LogP contribution in [0, 0.1) is 23.7 Å². The van der Waals surface area contributed by atoms with Crippen LogP contribution in [-0.4, -0.2) is 79.8 Å². The molecule has 0 aromatic heterocycles. The van der Waals surface area contributed by atoms with Crippen LogP contribution in [0.15, 0.2) is 4.99 Å². The van der Waals surface area contributed by atoms with Gasteiger partial charge in [-0.2, -0.15) is 0 Å². The Hall–Kier alpha value is -2.73. The Labute approximate surface area is 224 Å². The maximum Gasteiger partial charge on any atom is 0.305 e. The monoisotopic (exact) mass is 542 g/mol. The van der Waals surface area contributed by atoms with Gasteiger partial charge in [0.25, 0.3) is 0 Å². The van der Waals surface area contributed by atoms with E-state index < -0.39 is 30.4 Å². The van der Waals surface area contributed by atoms with Crippen molar-refractivity contribution in [1.82, 2.24) is 5.32 Å². The highest BCUT2D eigenvalue weighted by Gasteiger charge is 2.46. The Balaban J connectivity index is 0.000000272. The minimum Gasteiger partial charge on any atom is -0.463 e. The van der Waals surface area contributed by atoms with Gasteiger partial charge in [-0.25, -0.2) is 4.99 Å². The summed E-state index contributed by atoms with van der Waals surface area (Å²) in [4.78, 5) is 48.7. The van der Waals surface area contributed by atoms with Gasteiger partial charge in [0.05, 0.1) is 18.2 Å². The number of carbonyl (C=O) groups excluding carboxylic acids is 4. The third-order valence-electron chi connectivity index (χ3n) is 7.30. The lowest BCUT2D eigenvalue weighted by Crippen LogP contribution is -2.58. The van der Waals surface area contributed by atoms with Gasteiger partial charge in [-0.15, -0.1) is 0 Å². The number of ether oxygens (including phenoxy) is 6. The van der Waals surface area contributed by atoms with E-state index >= 15 is 0 Å². The average Bonchev–Trinajstić information content (AvgIpc) is 3.19. The molecule has 2 fully saturated rings. The molecule has 10 atom stereocenters. The molecule has 1 N–H and O–H groups in total. The van der Waals surface area contributed by atoms with Crippen molar-refractivity contribution in [3.8, 4) is 0 Å². The topological polar surface area (TPSA) is 148 Å². The molecule has 216 valence electrons. The van der Waals surface area contributed by atoms with E-state index in [0.717, 1.165) is 0 Å². The largest absolute Gasteiger partial charge is 0.463 e. The molecule has 12 nitrogen and oxygen atoms in total. The molecule has 3 rings (SSSR count). The summed E-state index contributed by atoms with van der Waals surface area (Å²) >= 11 is 0. The van der Waals surface area contributed by atoms with E-state index in [1.807, 2.05) is 20.8 Å². The lowest BCUT2D eigenvalue weighted by molar-refractivity contribution is -0.238. The first kappa shape index (κ1) is 31.5. The molecule has 12 heteroatoms. The Morgan fingerprint density at radius 3 is 1.82 bits per heavy atom. The molecule has 0 saturated carbocycles. The van der Waals surface area contributed by atoms with Crippen LogP contribution in [0.25, 0.3) is 0 Å². The number of nitrogens with one attached hydrogen (secondary N) is 1. The molecule has 0 spiro atoms. The molecule has 3 heterocycles. The number of aliphatic imine (C=N–C) groups is 1. The van der Waals surface area contributed by atoms with E-state index in [1.165, 1.54) is 27.7 Å². The second-order valence-electron chi connectivity index (χ2n) is 10.2. The molecule has 3 aliphatic heterocycles. The first-order chi connectivity index (χ1) is 17.7. The summed E-state index contributed by atoms with van der Waals surface area (Å²) in [7, 11) is 0. The summed E-state index contributed by atoms with van der Waals surface area (Å²) in [5.74, 6) is -0.0724. The lowest BCUT2D eigenvalue weighted by atomic mass is 9.82. The maximum absolute atomic E-state index is 11.3. The number of rotatable bonds is 6. The molecule has 0 radical (unpaired) electrons. The Morgan fingerprint density at radius 1 is 0.789 bits per heavy atom.